The van der Waals surface area contributed by atoms with Gasteiger partial charge in [0, 0.05) is 40.0 Å². The standard InChI is InChI=1S/C20H33N3O3.HI/c1-3-24-15-18-9-5-4-8-17(18)14-23-20(21-2)22-11-7-12-25-16-19-10-6-13-26-19;/h4-5,8-9,19H,3,6-7,10-16H2,1-2H3,(H2,21,22,23);1H. The third-order valence-corrected chi connectivity index (χ3v) is 4.34. The predicted molar refractivity (Wildman–Crippen MR) is 120 cm³/mol. The smallest absolute Gasteiger partial charge is 0.191 e. The highest BCUT2D eigenvalue weighted by Crippen LogP contribution is 2.12. The molecule has 0 saturated carbocycles. The quantitative estimate of drug-likeness (QED) is 0.216. The van der Waals surface area contributed by atoms with E-state index in [-0.39, 0.29) is 24.0 Å². The maximum absolute atomic E-state index is 5.68. The normalized spacial score (nSPS) is 16.8. The van der Waals surface area contributed by atoms with Gasteiger partial charge in [-0.2, -0.15) is 0 Å². The Bertz CT molecular complexity index is 537. The van der Waals surface area contributed by atoms with Gasteiger partial charge in [0.2, 0.25) is 0 Å². The molecule has 0 amide bonds. The zero-order valence-corrected chi connectivity index (χ0v) is 18.9. The maximum atomic E-state index is 5.68. The van der Waals surface area contributed by atoms with Crippen LogP contribution in [0.2, 0.25) is 0 Å². The van der Waals surface area contributed by atoms with Crippen LogP contribution in [0.1, 0.15) is 37.3 Å². The lowest BCUT2D eigenvalue weighted by Gasteiger charge is -2.14. The van der Waals surface area contributed by atoms with Crippen molar-refractivity contribution < 1.29 is 14.2 Å². The van der Waals surface area contributed by atoms with Crippen molar-refractivity contribution in [3.05, 3.63) is 35.4 Å². The molecule has 27 heavy (non-hydrogen) atoms. The average molecular weight is 491 g/mol. The van der Waals surface area contributed by atoms with Crippen molar-refractivity contribution in [3.63, 3.8) is 0 Å². The summed E-state index contributed by atoms with van der Waals surface area (Å²) in [6.07, 6.45) is 3.52. The van der Waals surface area contributed by atoms with E-state index in [0.717, 1.165) is 58.1 Å². The molecule has 0 aromatic heterocycles. The van der Waals surface area contributed by atoms with Gasteiger partial charge in [0.25, 0.3) is 0 Å². The molecule has 1 heterocycles. The summed E-state index contributed by atoms with van der Waals surface area (Å²) in [5.74, 6) is 0.801. The fourth-order valence-corrected chi connectivity index (χ4v) is 2.85. The topological polar surface area (TPSA) is 64.1 Å². The first-order chi connectivity index (χ1) is 12.8. The van der Waals surface area contributed by atoms with E-state index < -0.39 is 0 Å². The minimum atomic E-state index is 0. The van der Waals surface area contributed by atoms with Crippen LogP contribution in [0.5, 0.6) is 0 Å². The molecule has 1 fully saturated rings. The second-order valence-electron chi connectivity index (χ2n) is 6.32. The highest BCUT2D eigenvalue weighted by Gasteiger charge is 2.14. The van der Waals surface area contributed by atoms with E-state index in [0.29, 0.717) is 19.3 Å². The minimum Gasteiger partial charge on any atom is -0.379 e. The van der Waals surface area contributed by atoms with E-state index in [2.05, 4.69) is 27.8 Å². The van der Waals surface area contributed by atoms with Gasteiger partial charge < -0.3 is 24.8 Å². The summed E-state index contributed by atoms with van der Waals surface area (Å²) in [7, 11) is 1.79. The van der Waals surface area contributed by atoms with E-state index in [9.17, 15) is 0 Å². The van der Waals surface area contributed by atoms with E-state index in [1.807, 2.05) is 19.1 Å². The average Bonchev–Trinajstić information content (AvgIpc) is 3.19. The zero-order chi connectivity index (χ0) is 18.5. The second kappa shape index (κ2) is 15.1. The largest absolute Gasteiger partial charge is 0.379 e. The van der Waals surface area contributed by atoms with Gasteiger partial charge in [0.05, 0.1) is 19.3 Å². The van der Waals surface area contributed by atoms with Crippen LogP contribution in [0.25, 0.3) is 0 Å². The molecule has 1 atom stereocenters. The number of nitrogens with zero attached hydrogens (tertiary/aromatic N) is 1. The van der Waals surface area contributed by atoms with Gasteiger partial charge in [-0.25, -0.2) is 0 Å². The summed E-state index contributed by atoms with van der Waals surface area (Å²) in [5.41, 5.74) is 2.43. The fourth-order valence-electron chi connectivity index (χ4n) is 2.85. The van der Waals surface area contributed by atoms with Crippen molar-refractivity contribution >= 4 is 29.9 Å². The maximum Gasteiger partial charge on any atom is 0.191 e. The number of aliphatic imine (C=N–C) groups is 1. The minimum absolute atomic E-state index is 0. The van der Waals surface area contributed by atoms with E-state index >= 15 is 0 Å². The van der Waals surface area contributed by atoms with Gasteiger partial charge in [-0.1, -0.05) is 24.3 Å². The van der Waals surface area contributed by atoms with Crippen molar-refractivity contribution in [2.45, 2.75) is 45.4 Å². The summed E-state index contributed by atoms with van der Waals surface area (Å²) in [5, 5.41) is 6.69. The highest BCUT2D eigenvalue weighted by molar-refractivity contribution is 14.0. The van der Waals surface area contributed by atoms with Crippen LogP contribution in [0.3, 0.4) is 0 Å². The van der Waals surface area contributed by atoms with Crippen LogP contribution >= 0.6 is 24.0 Å². The Hall–Kier alpha value is -0.900. The second-order valence-corrected chi connectivity index (χ2v) is 6.32. The molecule has 6 nitrogen and oxygen atoms in total. The third-order valence-electron chi connectivity index (χ3n) is 4.34. The number of rotatable bonds is 11. The van der Waals surface area contributed by atoms with E-state index in [4.69, 9.17) is 14.2 Å². The zero-order valence-electron chi connectivity index (χ0n) is 16.5. The molecule has 2 rings (SSSR count). The summed E-state index contributed by atoms with van der Waals surface area (Å²) >= 11 is 0. The predicted octanol–water partition coefficient (Wildman–Crippen LogP) is 3.09. The highest BCUT2D eigenvalue weighted by atomic mass is 127. The Labute approximate surface area is 180 Å². The van der Waals surface area contributed by atoms with Gasteiger partial charge in [0.15, 0.2) is 5.96 Å². The van der Waals surface area contributed by atoms with Gasteiger partial charge in [-0.05, 0) is 37.3 Å². The van der Waals surface area contributed by atoms with Gasteiger partial charge in [-0.15, -0.1) is 24.0 Å². The van der Waals surface area contributed by atoms with Crippen LogP contribution in [0.4, 0.5) is 0 Å². The van der Waals surface area contributed by atoms with Crippen LogP contribution in [0, 0.1) is 0 Å². The SMILES string of the molecule is CCOCc1ccccc1CNC(=NC)NCCCOCC1CCCO1.I. The molecular formula is C20H34IN3O3. The molecule has 0 radical (unpaired) electrons. The van der Waals surface area contributed by atoms with E-state index in [1.54, 1.807) is 7.05 Å². The van der Waals surface area contributed by atoms with E-state index in [1.165, 1.54) is 11.1 Å². The van der Waals surface area contributed by atoms with Crippen molar-refractivity contribution in [3.8, 4) is 0 Å². The molecule has 1 aliphatic heterocycles. The van der Waals surface area contributed by atoms with Crippen LogP contribution in [-0.4, -0.2) is 52.1 Å². The Balaban J connectivity index is 0.00000364. The molecule has 0 bridgehead atoms. The molecule has 1 saturated heterocycles. The molecular weight excluding hydrogens is 457 g/mol. The first kappa shape index (κ1) is 24.1. The molecule has 1 unspecified atom stereocenters. The molecule has 7 heteroatoms. The molecule has 1 aromatic rings. The number of ether oxygens (including phenoxy) is 3. The lowest BCUT2D eigenvalue weighted by atomic mass is 10.1. The first-order valence-electron chi connectivity index (χ1n) is 9.62. The lowest BCUT2D eigenvalue weighted by molar-refractivity contribution is 0.0168. The molecule has 0 spiro atoms. The third kappa shape index (κ3) is 9.73. The molecule has 2 N–H and O–H groups in total. The van der Waals surface area contributed by atoms with Crippen molar-refractivity contribution in [2.75, 3.05) is 40.0 Å². The monoisotopic (exact) mass is 491 g/mol. The number of nitrogens with one attached hydrogen (secondary N) is 2. The van der Waals surface area contributed by atoms with Crippen molar-refractivity contribution in [2.24, 2.45) is 4.99 Å². The lowest BCUT2D eigenvalue weighted by Crippen LogP contribution is -2.37. The van der Waals surface area contributed by atoms with Crippen molar-refractivity contribution in [1.82, 2.24) is 10.6 Å². The van der Waals surface area contributed by atoms with Gasteiger partial charge in [0.1, 0.15) is 0 Å². The summed E-state index contributed by atoms with van der Waals surface area (Å²) in [6, 6.07) is 8.32. The van der Waals surface area contributed by atoms with Crippen LogP contribution < -0.4 is 10.6 Å². The Morgan fingerprint density at radius 3 is 2.74 bits per heavy atom. The Morgan fingerprint density at radius 2 is 2.04 bits per heavy atom. The summed E-state index contributed by atoms with van der Waals surface area (Å²) in [4.78, 5) is 4.28. The van der Waals surface area contributed by atoms with Gasteiger partial charge in [-0.3, -0.25) is 4.99 Å². The molecule has 1 aromatic carbocycles. The van der Waals surface area contributed by atoms with Crippen molar-refractivity contribution in [1.29, 1.82) is 0 Å². The number of guanidine groups is 1. The van der Waals surface area contributed by atoms with Crippen LogP contribution in [-0.2, 0) is 27.4 Å². The molecule has 1 aliphatic rings. The van der Waals surface area contributed by atoms with Gasteiger partial charge >= 0.3 is 0 Å². The number of benzene rings is 1. The number of hydrogen-bond acceptors (Lipinski definition) is 4. The van der Waals surface area contributed by atoms with Crippen LogP contribution in [0.15, 0.2) is 29.3 Å². The number of halogens is 1. The summed E-state index contributed by atoms with van der Waals surface area (Å²) < 4.78 is 16.8. The molecule has 0 aliphatic carbocycles. The molecule has 154 valence electrons. The Kier molecular flexibility index (Phi) is 13.5. The Morgan fingerprint density at radius 1 is 1.22 bits per heavy atom. The summed E-state index contributed by atoms with van der Waals surface area (Å²) in [6.45, 7) is 7.25. The first-order valence-corrected chi connectivity index (χ1v) is 9.62. The number of hydrogen-bond donors (Lipinski definition) is 2. The fraction of sp³-hybridized carbons (Fsp3) is 0.650.